The van der Waals surface area contributed by atoms with Gasteiger partial charge in [-0.2, -0.15) is 0 Å². The summed E-state index contributed by atoms with van der Waals surface area (Å²) in [6.45, 7) is 4.77. The zero-order valence-corrected chi connectivity index (χ0v) is 28.2. The molecular weight excluding hydrogens is 605 g/mol. The zero-order valence-electron chi connectivity index (χ0n) is 28.2. The van der Waals surface area contributed by atoms with E-state index in [1.54, 1.807) is 0 Å². The number of furan rings is 1. The lowest BCUT2D eigenvalue weighted by Gasteiger charge is -2.25. The van der Waals surface area contributed by atoms with Gasteiger partial charge in [0.1, 0.15) is 11.2 Å². The van der Waals surface area contributed by atoms with Crippen LogP contribution in [0.2, 0.25) is 0 Å². The number of fused-ring (bicyclic) bond motifs is 11. The van der Waals surface area contributed by atoms with Crippen molar-refractivity contribution in [2.45, 2.75) is 32.1 Å². The third-order valence-electron chi connectivity index (χ3n) is 11.6. The molecule has 0 saturated heterocycles. The minimum absolute atomic E-state index is 0.151. The average molecular weight is 639 g/mol. The molecule has 1 heteroatoms. The molecule has 0 radical (unpaired) electrons. The first-order valence-electron chi connectivity index (χ1n) is 17.8. The maximum Gasteiger partial charge on any atom is 0.136 e. The summed E-state index contributed by atoms with van der Waals surface area (Å²) in [6.07, 6.45) is 7.08. The minimum atomic E-state index is -0.151. The summed E-state index contributed by atoms with van der Waals surface area (Å²) < 4.78 is 6.56. The second kappa shape index (κ2) is 10.1. The van der Waals surface area contributed by atoms with Gasteiger partial charge in [0.15, 0.2) is 0 Å². The molecule has 0 bridgehead atoms. The number of para-hydroxylation sites is 1. The molecule has 0 unspecified atom stereocenters. The average Bonchev–Trinajstić information content (AvgIpc) is 3.63. The van der Waals surface area contributed by atoms with Crippen LogP contribution in [-0.2, 0) is 5.41 Å². The summed E-state index contributed by atoms with van der Waals surface area (Å²) in [6, 6.07) is 49.5. The Hall–Kier alpha value is -5.92. The van der Waals surface area contributed by atoms with E-state index in [-0.39, 0.29) is 5.41 Å². The smallest absolute Gasteiger partial charge is 0.136 e. The van der Waals surface area contributed by atoms with Crippen molar-refractivity contribution in [2.75, 3.05) is 0 Å². The van der Waals surface area contributed by atoms with Crippen molar-refractivity contribution in [1.82, 2.24) is 0 Å². The molecule has 9 aromatic rings. The van der Waals surface area contributed by atoms with Crippen molar-refractivity contribution in [3.05, 3.63) is 155 Å². The van der Waals surface area contributed by atoms with E-state index in [0.29, 0.717) is 0 Å². The van der Waals surface area contributed by atoms with Gasteiger partial charge in [0.25, 0.3) is 0 Å². The number of benzene rings is 8. The number of hydrogen-bond donors (Lipinski definition) is 0. The van der Waals surface area contributed by atoms with E-state index in [1.165, 1.54) is 92.6 Å². The van der Waals surface area contributed by atoms with E-state index in [0.717, 1.165) is 29.4 Å². The predicted octanol–water partition coefficient (Wildman–Crippen LogP) is 12.0. The van der Waals surface area contributed by atoms with Gasteiger partial charge in [-0.3, -0.25) is 0 Å². The second-order valence-electron chi connectivity index (χ2n) is 14.6. The Labute approximate surface area is 290 Å². The molecule has 11 rings (SSSR count). The highest BCUT2D eigenvalue weighted by molar-refractivity contribution is 6.19. The van der Waals surface area contributed by atoms with Gasteiger partial charge in [0, 0.05) is 16.2 Å². The van der Waals surface area contributed by atoms with Crippen LogP contribution in [0.3, 0.4) is 0 Å². The van der Waals surface area contributed by atoms with Crippen LogP contribution in [0.4, 0.5) is 0 Å². The highest BCUT2D eigenvalue weighted by Crippen LogP contribution is 2.54. The third-order valence-corrected chi connectivity index (χ3v) is 11.6. The van der Waals surface area contributed by atoms with Gasteiger partial charge in [0.05, 0.1) is 0 Å². The van der Waals surface area contributed by atoms with Crippen LogP contribution in [0.1, 0.15) is 37.8 Å². The van der Waals surface area contributed by atoms with Gasteiger partial charge in [-0.1, -0.05) is 135 Å². The fraction of sp³-hybridized carbons (Fsp3) is 0.102. The van der Waals surface area contributed by atoms with Crippen LogP contribution in [0.15, 0.2) is 138 Å². The molecule has 0 aliphatic heterocycles. The summed E-state index contributed by atoms with van der Waals surface area (Å²) in [7, 11) is 0. The van der Waals surface area contributed by atoms with E-state index in [1.807, 2.05) is 0 Å². The molecule has 0 spiro atoms. The van der Waals surface area contributed by atoms with Gasteiger partial charge in [0.2, 0.25) is 0 Å². The Balaban J connectivity index is 1.35. The normalized spacial score (nSPS) is 14.5. The molecule has 50 heavy (non-hydrogen) atoms. The standard InChI is InChI=1S/C49H34O/c1-49(2)43-24-11-9-17-31(43)41-27-40(38-26-39-32-18-10-12-25-44(32)50-45(39)28-42(38)48(41)49)47-36-21-7-5-19-34(36)46(35-20-6-8-22-37(35)47)33-23-13-15-29-14-3-4-16-30(29)33/h3-5,7,9-28H,6,8H2,1-2H3. The molecule has 0 fully saturated rings. The van der Waals surface area contributed by atoms with Gasteiger partial charge < -0.3 is 4.42 Å². The molecule has 0 saturated carbocycles. The predicted molar refractivity (Wildman–Crippen MR) is 212 cm³/mol. The second-order valence-corrected chi connectivity index (χ2v) is 14.6. The molecular formula is C49H34O. The molecule has 8 aromatic carbocycles. The summed E-state index contributed by atoms with van der Waals surface area (Å²) in [5, 5.41) is 12.8. The molecule has 236 valence electrons. The van der Waals surface area contributed by atoms with Crippen molar-refractivity contribution < 1.29 is 4.42 Å². The Kier molecular flexibility index (Phi) is 5.63. The van der Waals surface area contributed by atoms with Crippen molar-refractivity contribution in [2.24, 2.45) is 0 Å². The van der Waals surface area contributed by atoms with Crippen LogP contribution in [0.5, 0.6) is 0 Å². The molecule has 0 amide bonds. The van der Waals surface area contributed by atoms with E-state index >= 15 is 0 Å². The summed E-state index contributed by atoms with van der Waals surface area (Å²) in [5.41, 5.74) is 12.4. The van der Waals surface area contributed by atoms with Crippen LogP contribution in [-0.4, -0.2) is 0 Å². The van der Waals surface area contributed by atoms with Gasteiger partial charge in [-0.05, 0) is 124 Å². The quantitative estimate of drug-likeness (QED) is 0.184. The highest BCUT2D eigenvalue weighted by Gasteiger charge is 2.38. The first-order valence-corrected chi connectivity index (χ1v) is 17.8. The van der Waals surface area contributed by atoms with E-state index in [2.05, 4.69) is 159 Å². The SMILES string of the molecule is CC1(C)c2ccccc2-c2cc(-c3c4c(c(-c5cccc6ccccc56)c5ccccc35)=CCCC=4)c3cc4c(cc3c21)oc1ccccc14. The van der Waals surface area contributed by atoms with Crippen molar-refractivity contribution in [1.29, 1.82) is 0 Å². The van der Waals surface area contributed by atoms with Gasteiger partial charge >= 0.3 is 0 Å². The molecule has 1 heterocycles. The van der Waals surface area contributed by atoms with Crippen LogP contribution >= 0.6 is 0 Å². The largest absolute Gasteiger partial charge is 0.456 e. The molecule has 2 aliphatic rings. The first kappa shape index (κ1) is 28.0. The van der Waals surface area contributed by atoms with Gasteiger partial charge in [-0.25, -0.2) is 0 Å². The van der Waals surface area contributed by atoms with E-state index in [9.17, 15) is 0 Å². The minimum Gasteiger partial charge on any atom is -0.456 e. The van der Waals surface area contributed by atoms with E-state index in [4.69, 9.17) is 4.42 Å². The lowest BCUT2D eigenvalue weighted by Crippen LogP contribution is -2.31. The van der Waals surface area contributed by atoms with Crippen LogP contribution in [0.25, 0.3) is 99.8 Å². The third kappa shape index (κ3) is 3.67. The molecule has 1 nitrogen and oxygen atoms in total. The van der Waals surface area contributed by atoms with Gasteiger partial charge in [-0.15, -0.1) is 0 Å². The summed E-state index contributed by atoms with van der Waals surface area (Å²) in [4.78, 5) is 0. The Morgan fingerprint density at radius 1 is 0.440 bits per heavy atom. The lowest BCUT2D eigenvalue weighted by molar-refractivity contribution is 0.663. The fourth-order valence-corrected chi connectivity index (χ4v) is 9.51. The first-order chi connectivity index (χ1) is 24.6. The van der Waals surface area contributed by atoms with E-state index < -0.39 is 0 Å². The molecule has 1 aromatic heterocycles. The Bertz CT molecular complexity index is 3060. The molecule has 0 atom stereocenters. The maximum atomic E-state index is 6.56. The summed E-state index contributed by atoms with van der Waals surface area (Å²) in [5.74, 6) is 0. The molecule has 2 aliphatic carbocycles. The van der Waals surface area contributed by atoms with Crippen LogP contribution < -0.4 is 10.4 Å². The number of rotatable bonds is 2. The van der Waals surface area contributed by atoms with Crippen molar-refractivity contribution in [3.8, 4) is 33.4 Å². The summed E-state index contributed by atoms with van der Waals surface area (Å²) >= 11 is 0. The van der Waals surface area contributed by atoms with Crippen LogP contribution in [0, 0.1) is 0 Å². The maximum absolute atomic E-state index is 6.56. The fourth-order valence-electron chi connectivity index (χ4n) is 9.51. The zero-order chi connectivity index (χ0) is 33.1. The monoisotopic (exact) mass is 638 g/mol. The number of hydrogen-bond acceptors (Lipinski definition) is 1. The van der Waals surface area contributed by atoms with Crippen molar-refractivity contribution in [3.63, 3.8) is 0 Å². The van der Waals surface area contributed by atoms with Crippen molar-refractivity contribution >= 4 is 66.4 Å². The Morgan fingerprint density at radius 2 is 1.06 bits per heavy atom. The lowest BCUT2D eigenvalue weighted by atomic mass is 9.78. The highest BCUT2D eigenvalue weighted by atomic mass is 16.3. The molecule has 0 N–H and O–H groups in total. The topological polar surface area (TPSA) is 13.1 Å². The Morgan fingerprint density at radius 3 is 1.86 bits per heavy atom.